The predicted molar refractivity (Wildman–Crippen MR) is 80.1 cm³/mol. The molecule has 0 aliphatic rings. The Morgan fingerprint density at radius 3 is 2.86 bits per heavy atom. The lowest BCUT2D eigenvalue weighted by Crippen LogP contribution is -2.26. The van der Waals surface area contributed by atoms with Crippen molar-refractivity contribution in [3.8, 4) is 0 Å². The van der Waals surface area contributed by atoms with Crippen LogP contribution in [-0.4, -0.2) is 28.1 Å². The molecule has 21 heavy (non-hydrogen) atoms. The first-order chi connectivity index (χ1) is 10.1. The number of carbonyl (C=O) groups excluding carboxylic acids is 1. The lowest BCUT2D eigenvalue weighted by Gasteiger charge is -2.14. The van der Waals surface area contributed by atoms with Crippen LogP contribution in [0, 0.1) is 13.8 Å². The highest BCUT2D eigenvalue weighted by molar-refractivity contribution is 5.98. The number of hydrogen-bond donors (Lipinski definition) is 1. The number of nitrogens with one attached hydrogen (secondary N) is 1. The smallest absolute Gasteiger partial charge is 0.289 e. The Morgan fingerprint density at radius 1 is 1.33 bits per heavy atom. The summed E-state index contributed by atoms with van der Waals surface area (Å²) in [6, 6.07) is 7.81. The summed E-state index contributed by atoms with van der Waals surface area (Å²) < 4.78 is 5.76. The van der Waals surface area contributed by atoms with Gasteiger partial charge in [-0.2, -0.15) is 5.10 Å². The Hall–Kier alpha value is -2.56. The van der Waals surface area contributed by atoms with Gasteiger partial charge in [0.2, 0.25) is 0 Å². The molecule has 0 saturated heterocycles. The first-order valence-electron chi connectivity index (χ1n) is 6.79. The second-order valence-corrected chi connectivity index (χ2v) is 5.30. The SMILES string of the molecule is Cc1ccc2c(C)c(C(=O)N(C)Cc3ccn[nH]3)oc2c1. The largest absolute Gasteiger partial charge is 0.451 e. The van der Waals surface area contributed by atoms with E-state index in [2.05, 4.69) is 10.2 Å². The molecule has 0 aliphatic heterocycles. The summed E-state index contributed by atoms with van der Waals surface area (Å²) in [6.07, 6.45) is 1.67. The standard InChI is InChI=1S/C16H17N3O2/c1-10-4-5-13-11(2)15(21-14(13)8-10)16(20)19(3)9-12-6-7-17-18-12/h4-8H,9H2,1-3H3,(H,17,18). The molecular formula is C16H17N3O2. The Labute approximate surface area is 122 Å². The highest BCUT2D eigenvalue weighted by atomic mass is 16.3. The van der Waals surface area contributed by atoms with E-state index in [-0.39, 0.29) is 5.91 Å². The summed E-state index contributed by atoms with van der Waals surface area (Å²) in [6.45, 7) is 4.38. The van der Waals surface area contributed by atoms with E-state index in [1.54, 1.807) is 18.1 Å². The van der Waals surface area contributed by atoms with E-state index in [0.29, 0.717) is 12.3 Å². The molecule has 3 aromatic rings. The highest BCUT2D eigenvalue weighted by Gasteiger charge is 2.21. The third-order valence-electron chi connectivity index (χ3n) is 3.60. The van der Waals surface area contributed by atoms with Gasteiger partial charge in [0.1, 0.15) is 5.58 Å². The zero-order valence-electron chi connectivity index (χ0n) is 12.3. The van der Waals surface area contributed by atoms with Crippen LogP contribution < -0.4 is 0 Å². The van der Waals surface area contributed by atoms with Gasteiger partial charge in [0.15, 0.2) is 5.76 Å². The number of hydrogen-bond acceptors (Lipinski definition) is 3. The van der Waals surface area contributed by atoms with Gasteiger partial charge in [0.05, 0.1) is 12.2 Å². The van der Waals surface area contributed by atoms with Crippen LogP contribution in [0.3, 0.4) is 0 Å². The Bertz CT molecular complexity index is 787. The van der Waals surface area contributed by atoms with Crippen molar-refractivity contribution in [1.29, 1.82) is 0 Å². The molecule has 0 bridgehead atoms. The maximum atomic E-state index is 12.5. The fraction of sp³-hybridized carbons (Fsp3) is 0.250. The number of benzene rings is 1. The molecule has 2 aromatic heterocycles. The van der Waals surface area contributed by atoms with Crippen LogP contribution >= 0.6 is 0 Å². The van der Waals surface area contributed by atoms with Gasteiger partial charge in [-0.15, -0.1) is 0 Å². The topological polar surface area (TPSA) is 62.1 Å². The summed E-state index contributed by atoms with van der Waals surface area (Å²) >= 11 is 0. The molecule has 108 valence electrons. The fourth-order valence-electron chi connectivity index (χ4n) is 2.41. The van der Waals surface area contributed by atoms with Crippen LogP contribution in [0.4, 0.5) is 0 Å². The van der Waals surface area contributed by atoms with Crippen LogP contribution in [0.5, 0.6) is 0 Å². The average Bonchev–Trinajstić information content (AvgIpc) is 3.06. The van der Waals surface area contributed by atoms with Gasteiger partial charge in [-0.25, -0.2) is 0 Å². The lowest BCUT2D eigenvalue weighted by molar-refractivity contribution is 0.0753. The van der Waals surface area contributed by atoms with E-state index < -0.39 is 0 Å². The quantitative estimate of drug-likeness (QED) is 0.803. The zero-order chi connectivity index (χ0) is 15.0. The molecule has 0 radical (unpaired) electrons. The second-order valence-electron chi connectivity index (χ2n) is 5.30. The molecule has 5 nitrogen and oxygen atoms in total. The van der Waals surface area contributed by atoms with Crippen molar-refractivity contribution < 1.29 is 9.21 Å². The van der Waals surface area contributed by atoms with Crippen molar-refractivity contribution in [3.05, 3.63) is 53.0 Å². The first-order valence-corrected chi connectivity index (χ1v) is 6.79. The summed E-state index contributed by atoms with van der Waals surface area (Å²) in [5.41, 5.74) is 3.63. The number of amides is 1. The highest BCUT2D eigenvalue weighted by Crippen LogP contribution is 2.27. The fourth-order valence-corrected chi connectivity index (χ4v) is 2.41. The molecule has 0 fully saturated rings. The van der Waals surface area contributed by atoms with Crippen LogP contribution in [0.15, 0.2) is 34.9 Å². The van der Waals surface area contributed by atoms with Gasteiger partial charge in [-0.1, -0.05) is 12.1 Å². The maximum absolute atomic E-state index is 12.5. The molecular weight excluding hydrogens is 266 g/mol. The Morgan fingerprint density at radius 2 is 2.14 bits per heavy atom. The van der Waals surface area contributed by atoms with Crippen molar-refractivity contribution in [2.45, 2.75) is 20.4 Å². The van der Waals surface area contributed by atoms with Gasteiger partial charge >= 0.3 is 0 Å². The Balaban J connectivity index is 1.92. The van der Waals surface area contributed by atoms with Crippen LogP contribution in [0.1, 0.15) is 27.4 Å². The van der Waals surface area contributed by atoms with Crippen molar-refractivity contribution in [2.75, 3.05) is 7.05 Å². The minimum atomic E-state index is -0.129. The van der Waals surface area contributed by atoms with Crippen LogP contribution in [0.2, 0.25) is 0 Å². The Kier molecular flexibility index (Phi) is 3.25. The molecule has 0 spiro atoms. The molecule has 0 saturated carbocycles. The summed E-state index contributed by atoms with van der Waals surface area (Å²) in [5, 5.41) is 7.72. The zero-order valence-corrected chi connectivity index (χ0v) is 12.3. The minimum absolute atomic E-state index is 0.129. The predicted octanol–water partition coefficient (Wildman–Crippen LogP) is 3.04. The van der Waals surface area contributed by atoms with Gasteiger partial charge < -0.3 is 9.32 Å². The van der Waals surface area contributed by atoms with E-state index in [0.717, 1.165) is 27.8 Å². The molecule has 0 aliphatic carbocycles. The molecule has 0 unspecified atom stereocenters. The first kappa shape index (κ1) is 13.4. The average molecular weight is 283 g/mol. The van der Waals surface area contributed by atoms with E-state index >= 15 is 0 Å². The monoisotopic (exact) mass is 283 g/mol. The van der Waals surface area contributed by atoms with Gasteiger partial charge in [-0.05, 0) is 31.5 Å². The van der Waals surface area contributed by atoms with E-state index in [1.807, 2.05) is 38.1 Å². The van der Waals surface area contributed by atoms with Gasteiger partial charge in [0, 0.05) is 24.2 Å². The third kappa shape index (κ3) is 2.42. The number of aromatic nitrogens is 2. The van der Waals surface area contributed by atoms with Crippen molar-refractivity contribution in [2.24, 2.45) is 0 Å². The van der Waals surface area contributed by atoms with Gasteiger partial charge in [0.25, 0.3) is 5.91 Å². The molecule has 1 amide bonds. The third-order valence-corrected chi connectivity index (χ3v) is 3.60. The molecule has 1 N–H and O–H groups in total. The van der Waals surface area contributed by atoms with Crippen molar-refractivity contribution in [1.82, 2.24) is 15.1 Å². The van der Waals surface area contributed by atoms with E-state index in [4.69, 9.17) is 4.42 Å². The molecule has 2 heterocycles. The summed E-state index contributed by atoms with van der Waals surface area (Å²) in [5.74, 6) is 0.272. The second kappa shape index (κ2) is 5.09. The molecule has 1 aromatic carbocycles. The number of fused-ring (bicyclic) bond motifs is 1. The molecule has 0 atom stereocenters. The summed E-state index contributed by atoms with van der Waals surface area (Å²) in [7, 11) is 1.75. The number of aromatic amines is 1. The van der Waals surface area contributed by atoms with Crippen LogP contribution in [-0.2, 0) is 6.54 Å². The lowest BCUT2D eigenvalue weighted by atomic mass is 10.1. The number of nitrogens with zero attached hydrogens (tertiary/aromatic N) is 2. The summed E-state index contributed by atoms with van der Waals surface area (Å²) in [4.78, 5) is 14.2. The van der Waals surface area contributed by atoms with E-state index in [9.17, 15) is 4.79 Å². The number of H-pyrrole nitrogens is 1. The van der Waals surface area contributed by atoms with Crippen molar-refractivity contribution in [3.63, 3.8) is 0 Å². The molecule has 5 heteroatoms. The number of carbonyl (C=O) groups is 1. The maximum Gasteiger partial charge on any atom is 0.289 e. The molecule has 3 rings (SSSR count). The number of rotatable bonds is 3. The number of furan rings is 1. The normalized spacial score (nSPS) is 11.0. The van der Waals surface area contributed by atoms with Gasteiger partial charge in [-0.3, -0.25) is 9.89 Å². The number of aryl methyl sites for hydroxylation is 2. The van der Waals surface area contributed by atoms with Crippen molar-refractivity contribution >= 4 is 16.9 Å². The van der Waals surface area contributed by atoms with E-state index in [1.165, 1.54) is 0 Å². The van der Waals surface area contributed by atoms with Crippen LogP contribution in [0.25, 0.3) is 11.0 Å². The minimum Gasteiger partial charge on any atom is -0.451 e.